The molecule has 3 aromatic carbocycles. The minimum atomic E-state index is -4.61. The van der Waals surface area contributed by atoms with Gasteiger partial charge < -0.3 is 36.1 Å². The number of nitrogens with one attached hydrogen (secondary N) is 5. The summed E-state index contributed by atoms with van der Waals surface area (Å²) in [5.41, 5.74) is 0.965. The molecule has 0 bridgehead atoms. The number of carbonyl (C=O) groups is 3. The van der Waals surface area contributed by atoms with Gasteiger partial charge in [-0.3, -0.25) is 14.6 Å². The van der Waals surface area contributed by atoms with Crippen molar-refractivity contribution in [3.05, 3.63) is 88.7 Å². The second kappa shape index (κ2) is 21.8. The lowest BCUT2D eigenvalue weighted by molar-refractivity contribution is -0.154. The van der Waals surface area contributed by atoms with Crippen molar-refractivity contribution >= 4 is 72.0 Å². The maximum Gasteiger partial charge on any atom is 0.422 e. The molecule has 0 spiro atoms. The average molecular weight is 834 g/mol. The van der Waals surface area contributed by atoms with E-state index in [1.54, 1.807) is 19.2 Å². The second-order valence-electron chi connectivity index (χ2n) is 13.1. The Morgan fingerprint density at radius 3 is 2.28 bits per heavy atom. The molecule has 1 heterocycles. The topological polar surface area (TPSA) is 172 Å². The molecule has 0 atom stereocenters. The zero-order valence-electron chi connectivity index (χ0n) is 31.7. The van der Waals surface area contributed by atoms with Gasteiger partial charge >= 0.3 is 12.2 Å². The van der Waals surface area contributed by atoms with Crippen molar-refractivity contribution in [2.24, 2.45) is 10.4 Å². The molecule has 5 N–H and O–H groups in total. The van der Waals surface area contributed by atoms with E-state index in [1.165, 1.54) is 30.8 Å². The van der Waals surface area contributed by atoms with E-state index in [0.717, 1.165) is 41.3 Å². The number of carbonyl (C=O) groups excluding carboxylic acids is 3. The molecule has 0 radical (unpaired) electrons. The van der Waals surface area contributed by atoms with Crippen LogP contribution in [0.5, 0.6) is 6.01 Å². The Labute approximate surface area is 337 Å². The number of hydrogen-bond donors (Lipinski definition) is 5. The molecule has 1 saturated carbocycles. The first-order chi connectivity index (χ1) is 27.1. The molecular weight excluding hydrogens is 790 g/mol. The van der Waals surface area contributed by atoms with Gasteiger partial charge in [-0.2, -0.15) is 28.1 Å². The highest BCUT2D eigenvalue weighted by Gasteiger charge is 2.45. The summed E-state index contributed by atoms with van der Waals surface area (Å²) in [6.45, 7) is 8.19. The van der Waals surface area contributed by atoms with Gasteiger partial charge in [0, 0.05) is 28.7 Å². The number of aromatic nitrogens is 3. The van der Waals surface area contributed by atoms with Gasteiger partial charge in [0.15, 0.2) is 6.61 Å². The predicted octanol–water partition coefficient (Wildman–Crippen LogP) is 7.44. The quantitative estimate of drug-likeness (QED) is 0.0179. The van der Waals surface area contributed by atoms with Crippen LogP contribution in [0, 0.1) is 11.2 Å². The van der Waals surface area contributed by atoms with E-state index in [1.807, 2.05) is 50.2 Å². The molecule has 4 aromatic rings. The summed E-state index contributed by atoms with van der Waals surface area (Å²) in [6, 6.07) is 18.0. The summed E-state index contributed by atoms with van der Waals surface area (Å²) in [7, 11) is 1.80. The van der Waals surface area contributed by atoms with E-state index in [9.17, 15) is 27.2 Å². The molecule has 19 heteroatoms. The maximum atomic E-state index is 14.9. The third kappa shape index (κ3) is 15.6. The summed E-state index contributed by atoms with van der Waals surface area (Å²) >= 11 is 7.51. The van der Waals surface area contributed by atoms with Crippen LogP contribution < -0.4 is 31.3 Å². The smallest absolute Gasteiger partial charge is 0.422 e. The molecule has 57 heavy (non-hydrogen) atoms. The van der Waals surface area contributed by atoms with Gasteiger partial charge in [-0.25, -0.2) is 4.39 Å². The van der Waals surface area contributed by atoms with Crippen molar-refractivity contribution in [1.29, 1.82) is 0 Å². The Hall–Kier alpha value is -5.33. The highest BCUT2D eigenvalue weighted by molar-refractivity contribution is 7.99. The lowest BCUT2D eigenvalue weighted by Gasteiger charge is -2.24. The van der Waals surface area contributed by atoms with Crippen molar-refractivity contribution in [3.8, 4) is 6.01 Å². The number of amides is 2. The summed E-state index contributed by atoms with van der Waals surface area (Å²) in [6.07, 6.45) is -1.74. The fourth-order valence-corrected chi connectivity index (χ4v) is 5.89. The number of aliphatic imine (C=N–C) groups is 1. The minimum absolute atomic E-state index is 0.0345. The Kier molecular flexibility index (Phi) is 17.6. The van der Waals surface area contributed by atoms with Crippen LogP contribution in [0.15, 0.2) is 76.6 Å². The van der Waals surface area contributed by atoms with Crippen LogP contribution in [0.4, 0.5) is 40.8 Å². The Morgan fingerprint density at radius 1 is 1.02 bits per heavy atom. The molecule has 5 rings (SSSR count). The fourth-order valence-electron chi connectivity index (χ4n) is 5.00. The van der Waals surface area contributed by atoms with E-state index < -0.39 is 36.1 Å². The molecule has 0 aliphatic heterocycles. The molecule has 0 saturated heterocycles. The Bertz CT molecular complexity index is 1950. The van der Waals surface area contributed by atoms with Crippen molar-refractivity contribution in [2.75, 3.05) is 43.3 Å². The number of para-hydroxylation sites is 1. The minimum Gasteiger partial charge on any atom is -0.454 e. The third-order valence-corrected chi connectivity index (χ3v) is 8.98. The third-order valence-electron chi connectivity index (χ3n) is 7.76. The standard InChI is InChI=1S/C27H30ClF4N7O2.C9H10N2OS.C2H4O/c1-25(2,13-33-3)14-34-21(40)19-9-8-18(12-20(19)29)35-22-36-23(38-24(37-22)41-15-27(30,31)32)39-26(10-11-26)16-4-6-17(28)7-5-16;1-10-8-4-2-3-5-9(8)13-7-11-6-12;1-2-3/h4-9,12,33H,10-11,13-15H2,1-3H3,(H,34,40)(H2,35,36,37,38,39);2-6H,1,7H2,(H,11,12);2H,1H3. The van der Waals surface area contributed by atoms with Crippen LogP contribution in [0.1, 0.15) is 49.5 Å². The van der Waals surface area contributed by atoms with Crippen molar-refractivity contribution in [1.82, 2.24) is 30.9 Å². The SMILES string of the molecule is C=Nc1ccccc1SCNC=O.CC=O.CNCC(C)(C)CNC(=O)c1ccc(Nc2nc(NC3(c4ccc(Cl)cc4)CC3)nc(OCC(F)(F)F)n2)cc1F. The number of thioether (sulfide) groups is 1. The second-order valence-corrected chi connectivity index (χ2v) is 14.5. The summed E-state index contributed by atoms with van der Waals surface area (Å²) in [5, 5.41) is 14.8. The van der Waals surface area contributed by atoms with E-state index in [-0.39, 0.29) is 28.6 Å². The molecule has 2 amide bonds. The largest absolute Gasteiger partial charge is 0.454 e. The maximum absolute atomic E-state index is 14.9. The van der Waals surface area contributed by atoms with Gasteiger partial charge in [-0.05, 0) is 87.0 Å². The number of halogens is 5. The molecule has 0 unspecified atom stereocenters. The summed E-state index contributed by atoms with van der Waals surface area (Å²) in [4.78, 5) is 48.4. The van der Waals surface area contributed by atoms with Crippen molar-refractivity contribution in [3.63, 3.8) is 0 Å². The summed E-state index contributed by atoms with van der Waals surface area (Å²) < 4.78 is 58.1. The van der Waals surface area contributed by atoms with Crippen LogP contribution in [0.25, 0.3) is 0 Å². The van der Waals surface area contributed by atoms with Gasteiger partial charge in [-0.15, -0.1) is 11.8 Å². The van der Waals surface area contributed by atoms with Crippen LogP contribution in [-0.4, -0.2) is 79.1 Å². The zero-order valence-corrected chi connectivity index (χ0v) is 33.2. The number of nitrogens with zero attached hydrogens (tertiary/aromatic N) is 4. The van der Waals surface area contributed by atoms with E-state index >= 15 is 0 Å². The van der Waals surface area contributed by atoms with Crippen LogP contribution >= 0.6 is 23.4 Å². The Balaban J connectivity index is 0.000000455. The first-order valence-electron chi connectivity index (χ1n) is 17.3. The highest BCUT2D eigenvalue weighted by atomic mass is 35.5. The Morgan fingerprint density at radius 2 is 1.68 bits per heavy atom. The van der Waals surface area contributed by atoms with Gasteiger partial charge in [-0.1, -0.05) is 49.7 Å². The zero-order chi connectivity index (χ0) is 42.1. The number of aldehydes is 1. The first-order valence-corrected chi connectivity index (χ1v) is 18.7. The molecule has 13 nitrogen and oxygen atoms in total. The number of hydrogen-bond acceptors (Lipinski definition) is 12. The van der Waals surface area contributed by atoms with Crippen molar-refractivity contribution in [2.45, 2.75) is 50.2 Å². The molecule has 1 aliphatic carbocycles. The molecule has 306 valence electrons. The highest BCUT2D eigenvalue weighted by Crippen LogP contribution is 2.48. The number of alkyl halides is 3. The van der Waals surface area contributed by atoms with Gasteiger partial charge in [0.2, 0.25) is 18.3 Å². The summed E-state index contributed by atoms with van der Waals surface area (Å²) in [5.74, 6) is -1.05. The van der Waals surface area contributed by atoms with Crippen LogP contribution in [0.2, 0.25) is 5.02 Å². The monoisotopic (exact) mass is 833 g/mol. The number of anilines is 3. The number of benzene rings is 3. The average Bonchev–Trinajstić information content (AvgIpc) is 3.94. The molecule has 1 aliphatic rings. The van der Waals surface area contributed by atoms with Crippen molar-refractivity contribution < 1.29 is 36.7 Å². The predicted molar refractivity (Wildman–Crippen MR) is 214 cm³/mol. The molecule has 1 fully saturated rings. The number of rotatable bonds is 17. The van der Waals surface area contributed by atoms with Gasteiger partial charge in [0.1, 0.15) is 12.1 Å². The van der Waals surface area contributed by atoms with Gasteiger partial charge in [0.25, 0.3) is 5.91 Å². The van der Waals surface area contributed by atoms with E-state index in [2.05, 4.69) is 53.2 Å². The number of ether oxygens (including phenoxy) is 1. The lowest BCUT2D eigenvalue weighted by atomic mass is 9.93. The normalized spacial score (nSPS) is 12.6. The van der Waals surface area contributed by atoms with Gasteiger partial charge in [0.05, 0.1) is 22.7 Å². The fraction of sp³-hybridized carbons (Fsp3) is 0.342. The van der Waals surface area contributed by atoms with Crippen LogP contribution in [0.3, 0.4) is 0 Å². The van der Waals surface area contributed by atoms with E-state index in [0.29, 0.717) is 30.4 Å². The molecular formula is C38H44ClF4N9O4S. The van der Waals surface area contributed by atoms with E-state index in [4.69, 9.17) is 21.1 Å². The molecule has 1 aromatic heterocycles. The van der Waals surface area contributed by atoms with Crippen LogP contribution in [-0.2, 0) is 15.1 Å². The first kappa shape index (κ1) is 46.1. The lowest BCUT2D eigenvalue weighted by Crippen LogP contribution is -2.39.